The van der Waals surface area contributed by atoms with Crippen molar-refractivity contribution in [3.63, 3.8) is 0 Å². The molecule has 0 spiro atoms. The lowest BCUT2D eigenvalue weighted by molar-refractivity contribution is 0.679. The van der Waals surface area contributed by atoms with Crippen LogP contribution in [0.3, 0.4) is 0 Å². The molecule has 0 radical (unpaired) electrons. The predicted octanol–water partition coefficient (Wildman–Crippen LogP) is 1.62. The molecule has 0 aromatic heterocycles. The molecular formula is C11H14N2. The summed E-state index contributed by atoms with van der Waals surface area (Å²) in [5, 5.41) is 3.31. The van der Waals surface area contributed by atoms with Gasteiger partial charge < -0.3 is 11.1 Å². The summed E-state index contributed by atoms with van der Waals surface area (Å²) in [6.45, 7) is 4.66. The Morgan fingerprint density at radius 3 is 3.15 bits per heavy atom. The van der Waals surface area contributed by atoms with Crippen molar-refractivity contribution in [1.29, 1.82) is 0 Å². The van der Waals surface area contributed by atoms with Crippen LogP contribution < -0.4 is 11.1 Å². The van der Waals surface area contributed by atoms with Crippen molar-refractivity contribution in [1.82, 2.24) is 0 Å². The number of anilines is 1. The molecule has 1 aliphatic heterocycles. The summed E-state index contributed by atoms with van der Waals surface area (Å²) in [6, 6.07) is 6.44. The molecule has 3 N–H and O–H groups in total. The van der Waals surface area contributed by atoms with Crippen LogP contribution in [0, 0.1) is 0 Å². The largest absolute Gasteiger partial charge is 0.383 e. The molecule has 1 atom stereocenters. The molecule has 2 nitrogen and oxygen atoms in total. The van der Waals surface area contributed by atoms with E-state index in [1.54, 1.807) is 0 Å². The van der Waals surface area contributed by atoms with Gasteiger partial charge in [-0.3, -0.25) is 0 Å². The van der Waals surface area contributed by atoms with Gasteiger partial charge in [0.15, 0.2) is 0 Å². The van der Waals surface area contributed by atoms with Gasteiger partial charge in [-0.2, -0.15) is 0 Å². The van der Waals surface area contributed by atoms with Crippen LogP contribution in [0.2, 0.25) is 0 Å². The minimum Gasteiger partial charge on any atom is -0.383 e. The molecule has 68 valence electrons. The smallest absolute Gasteiger partial charge is 0.0379 e. The van der Waals surface area contributed by atoms with Gasteiger partial charge in [-0.05, 0) is 23.6 Å². The van der Waals surface area contributed by atoms with Crippen LogP contribution in [0.1, 0.15) is 11.1 Å². The average molecular weight is 174 g/mol. The van der Waals surface area contributed by atoms with Crippen LogP contribution in [0.15, 0.2) is 24.8 Å². The molecule has 2 heteroatoms. The second kappa shape index (κ2) is 3.23. The highest BCUT2D eigenvalue weighted by atomic mass is 14.9. The van der Waals surface area contributed by atoms with E-state index in [0.717, 1.165) is 13.0 Å². The Hall–Kier alpha value is -1.28. The third-order valence-electron chi connectivity index (χ3n) is 2.45. The average Bonchev–Trinajstić information content (AvgIpc) is 2.17. The Kier molecular flexibility index (Phi) is 2.07. The molecule has 13 heavy (non-hydrogen) atoms. The van der Waals surface area contributed by atoms with Crippen LogP contribution in [0.5, 0.6) is 0 Å². The number of hydrogen-bond acceptors (Lipinski definition) is 2. The normalized spacial score (nSPS) is 20.2. The van der Waals surface area contributed by atoms with E-state index in [0.29, 0.717) is 0 Å². The van der Waals surface area contributed by atoms with Crippen LogP contribution in [0.4, 0.5) is 5.69 Å². The van der Waals surface area contributed by atoms with Crippen molar-refractivity contribution < 1.29 is 0 Å². The Morgan fingerprint density at radius 2 is 2.38 bits per heavy atom. The third kappa shape index (κ3) is 1.45. The standard InChI is InChI=1S/C11H14N2/c1-2-8-4-3-5-11-10(8)6-9(12)7-13-11/h2-5,9,13H,1,6-7,12H2/t9-/m1/s1. The number of nitrogens with two attached hydrogens (primary N) is 1. The van der Waals surface area contributed by atoms with Crippen molar-refractivity contribution in [2.75, 3.05) is 11.9 Å². The lowest BCUT2D eigenvalue weighted by atomic mass is 9.95. The second-order valence-electron chi connectivity index (χ2n) is 3.42. The molecular weight excluding hydrogens is 160 g/mol. The van der Waals surface area contributed by atoms with E-state index in [4.69, 9.17) is 5.73 Å². The fourth-order valence-electron chi connectivity index (χ4n) is 1.76. The van der Waals surface area contributed by atoms with Gasteiger partial charge in [0.2, 0.25) is 0 Å². The predicted molar refractivity (Wildman–Crippen MR) is 56.7 cm³/mol. The van der Waals surface area contributed by atoms with Gasteiger partial charge in [-0.15, -0.1) is 0 Å². The van der Waals surface area contributed by atoms with Gasteiger partial charge in [-0.1, -0.05) is 24.8 Å². The Balaban J connectivity index is 2.46. The van der Waals surface area contributed by atoms with Crippen molar-refractivity contribution in [2.24, 2.45) is 5.73 Å². The minimum atomic E-state index is 0.230. The van der Waals surface area contributed by atoms with E-state index >= 15 is 0 Å². The van der Waals surface area contributed by atoms with Crippen LogP contribution in [-0.2, 0) is 6.42 Å². The summed E-state index contributed by atoms with van der Waals surface area (Å²) in [7, 11) is 0. The number of benzene rings is 1. The van der Waals surface area contributed by atoms with E-state index < -0.39 is 0 Å². The van der Waals surface area contributed by atoms with Gasteiger partial charge in [0.1, 0.15) is 0 Å². The topological polar surface area (TPSA) is 38.0 Å². The van der Waals surface area contributed by atoms with Crippen LogP contribution in [-0.4, -0.2) is 12.6 Å². The Bertz CT molecular complexity index is 331. The summed E-state index contributed by atoms with van der Waals surface area (Å²) in [5.74, 6) is 0. The summed E-state index contributed by atoms with van der Waals surface area (Å²) in [5.41, 5.74) is 9.58. The first-order valence-electron chi connectivity index (χ1n) is 4.55. The molecule has 0 saturated carbocycles. The fourth-order valence-corrected chi connectivity index (χ4v) is 1.76. The molecule has 0 aliphatic carbocycles. The molecule has 0 bridgehead atoms. The first kappa shape index (κ1) is 8.32. The molecule has 0 unspecified atom stereocenters. The Morgan fingerprint density at radius 1 is 1.54 bits per heavy atom. The molecule has 1 aliphatic rings. The number of nitrogens with one attached hydrogen (secondary N) is 1. The summed E-state index contributed by atoms with van der Waals surface area (Å²) in [4.78, 5) is 0. The molecule has 2 rings (SSSR count). The van der Waals surface area contributed by atoms with E-state index in [1.165, 1.54) is 16.8 Å². The SMILES string of the molecule is C=Cc1cccc2c1C[C@@H](N)CN2. The maximum absolute atomic E-state index is 5.88. The van der Waals surface area contributed by atoms with E-state index in [9.17, 15) is 0 Å². The van der Waals surface area contributed by atoms with E-state index in [2.05, 4.69) is 24.0 Å². The van der Waals surface area contributed by atoms with Crippen molar-refractivity contribution in [2.45, 2.75) is 12.5 Å². The third-order valence-corrected chi connectivity index (χ3v) is 2.45. The van der Waals surface area contributed by atoms with Crippen molar-refractivity contribution in [3.8, 4) is 0 Å². The quantitative estimate of drug-likeness (QED) is 0.679. The molecule has 0 amide bonds. The van der Waals surface area contributed by atoms with Gasteiger partial charge >= 0.3 is 0 Å². The summed E-state index contributed by atoms with van der Waals surface area (Å²) >= 11 is 0. The zero-order chi connectivity index (χ0) is 9.26. The number of rotatable bonds is 1. The first-order chi connectivity index (χ1) is 6.31. The zero-order valence-electron chi connectivity index (χ0n) is 7.59. The minimum absolute atomic E-state index is 0.230. The monoisotopic (exact) mass is 174 g/mol. The lowest BCUT2D eigenvalue weighted by Gasteiger charge is -2.24. The highest BCUT2D eigenvalue weighted by Gasteiger charge is 2.15. The molecule has 1 heterocycles. The maximum Gasteiger partial charge on any atom is 0.0379 e. The molecule has 0 saturated heterocycles. The van der Waals surface area contributed by atoms with Gasteiger partial charge in [0, 0.05) is 18.3 Å². The molecule has 0 fully saturated rings. The first-order valence-corrected chi connectivity index (χ1v) is 4.55. The number of fused-ring (bicyclic) bond motifs is 1. The number of hydrogen-bond donors (Lipinski definition) is 2. The summed E-state index contributed by atoms with van der Waals surface area (Å²) in [6.07, 6.45) is 2.84. The van der Waals surface area contributed by atoms with Crippen molar-refractivity contribution >= 4 is 11.8 Å². The molecule has 1 aromatic rings. The highest BCUT2D eigenvalue weighted by Crippen LogP contribution is 2.25. The fraction of sp³-hybridized carbons (Fsp3) is 0.273. The van der Waals surface area contributed by atoms with Gasteiger partial charge in [-0.25, -0.2) is 0 Å². The lowest BCUT2D eigenvalue weighted by Crippen LogP contribution is -2.35. The van der Waals surface area contributed by atoms with E-state index in [-0.39, 0.29) is 6.04 Å². The Labute approximate surface area is 78.5 Å². The highest BCUT2D eigenvalue weighted by molar-refractivity contribution is 5.65. The van der Waals surface area contributed by atoms with Gasteiger partial charge in [0.05, 0.1) is 0 Å². The molecule has 1 aromatic carbocycles. The van der Waals surface area contributed by atoms with Crippen LogP contribution >= 0.6 is 0 Å². The zero-order valence-corrected chi connectivity index (χ0v) is 7.59. The van der Waals surface area contributed by atoms with E-state index in [1.807, 2.05) is 12.1 Å². The van der Waals surface area contributed by atoms with Gasteiger partial charge in [0.25, 0.3) is 0 Å². The van der Waals surface area contributed by atoms with Crippen LogP contribution in [0.25, 0.3) is 6.08 Å². The maximum atomic E-state index is 5.88. The second-order valence-corrected chi connectivity index (χ2v) is 3.42. The van der Waals surface area contributed by atoms with Crippen molar-refractivity contribution in [3.05, 3.63) is 35.9 Å². The summed E-state index contributed by atoms with van der Waals surface area (Å²) < 4.78 is 0.